The van der Waals surface area contributed by atoms with E-state index in [1.807, 2.05) is 6.55 Å². The molecule has 80 valence electrons. The summed E-state index contributed by atoms with van der Waals surface area (Å²) in [6.07, 6.45) is 0.344. The van der Waals surface area contributed by atoms with Crippen LogP contribution in [0.2, 0.25) is 12.6 Å². The van der Waals surface area contributed by atoms with E-state index >= 15 is 0 Å². The summed E-state index contributed by atoms with van der Waals surface area (Å²) in [5.41, 5.74) is 0. The second kappa shape index (κ2) is 5.24. The summed E-state index contributed by atoms with van der Waals surface area (Å²) < 4.78 is 20.9. The van der Waals surface area contributed by atoms with Crippen LogP contribution in [0.3, 0.4) is 0 Å². The molecule has 0 fully saturated rings. The Morgan fingerprint density at radius 1 is 1.31 bits per heavy atom. The molecule has 5 nitrogen and oxygen atoms in total. The maximum Gasteiger partial charge on any atom is 0.334 e. The van der Waals surface area contributed by atoms with Crippen LogP contribution in [0.4, 0.5) is 0 Å². The van der Waals surface area contributed by atoms with E-state index in [1.165, 1.54) is 0 Å². The van der Waals surface area contributed by atoms with Gasteiger partial charge in [0.05, 0.1) is 0 Å². The van der Waals surface area contributed by atoms with E-state index in [0.717, 1.165) is 0 Å². The molecule has 2 N–H and O–H groups in total. The molecule has 7 heteroatoms. The van der Waals surface area contributed by atoms with Gasteiger partial charge >= 0.3 is 16.2 Å². The van der Waals surface area contributed by atoms with Gasteiger partial charge in [-0.05, 0) is 19.0 Å². The van der Waals surface area contributed by atoms with Gasteiger partial charge in [-0.1, -0.05) is 0 Å². The second-order valence-corrected chi connectivity index (χ2v) is 8.39. The Kier molecular flexibility index (Phi) is 5.35. The summed E-state index contributed by atoms with van der Waals surface area (Å²) in [5, 5.41) is 0. The van der Waals surface area contributed by atoms with E-state index in [1.54, 1.807) is 14.2 Å². The molecule has 0 aliphatic carbocycles. The molecule has 0 amide bonds. The van der Waals surface area contributed by atoms with Gasteiger partial charge in [-0.2, -0.15) is 0 Å². The molecular formula is C6H17O5PSi. The summed E-state index contributed by atoms with van der Waals surface area (Å²) in [6, 6.07) is 0.602. The third kappa shape index (κ3) is 6.37. The molecule has 0 heterocycles. The smallest absolute Gasteiger partial charge is 0.334 e. The van der Waals surface area contributed by atoms with Gasteiger partial charge < -0.3 is 18.6 Å². The van der Waals surface area contributed by atoms with Crippen molar-refractivity contribution in [3.8, 4) is 0 Å². The highest BCUT2D eigenvalue weighted by Gasteiger charge is 2.29. The van der Waals surface area contributed by atoms with E-state index < -0.39 is 16.2 Å². The van der Waals surface area contributed by atoms with Crippen LogP contribution in [-0.4, -0.2) is 38.7 Å². The first-order valence-electron chi connectivity index (χ1n) is 3.98. The van der Waals surface area contributed by atoms with Crippen LogP contribution in [-0.2, 0) is 13.4 Å². The average Bonchev–Trinajstić information content (AvgIpc) is 2.02. The van der Waals surface area contributed by atoms with Crippen molar-refractivity contribution >= 4 is 16.2 Å². The summed E-state index contributed by atoms with van der Waals surface area (Å²) in [7, 11) is -2.88. The van der Waals surface area contributed by atoms with E-state index in [2.05, 4.69) is 0 Å². The number of rotatable bonds is 6. The normalized spacial score (nSPS) is 13.3. The van der Waals surface area contributed by atoms with Crippen LogP contribution in [0.15, 0.2) is 0 Å². The highest BCUT2D eigenvalue weighted by molar-refractivity contribution is 7.51. The first-order chi connectivity index (χ1) is 5.83. The van der Waals surface area contributed by atoms with Crippen LogP contribution in [0.25, 0.3) is 0 Å². The zero-order valence-corrected chi connectivity index (χ0v) is 10.1. The van der Waals surface area contributed by atoms with Gasteiger partial charge in [0.25, 0.3) is 0 Å². The molecule has 0 saturated carbocycles. The predicted molar refractivity (Wildman–Crippen MR) is 52.0 cm³/mol. The summed E-state index contributed by atoms with van der Waals surface area (Å²) >= 11 is 0. The maximum absolute atomic E-state index is 10.5. The largest absolute Gasteiger partial charge is 0.398 e. The summed E-state index contributed by atoms with van der Waals surface area (Å²) in [5.74, 6) is 0. The lowest BCUT2D eigenvalue weighted by Gasteiger charge is -2.22. The Balaban J connectivity index is 3.81. The highest BCUT2D eigenvalue weighted by atomic mass is 31.2. The third-order valence-electron chi connectivity index (χ3n) is 1.94. The van der Waals surface area contributed by atoms with Crippen LogP contribution < -0.4 is 0 Å². The second-order valence-electron chi connectivity index (χ2n) is 3.03. The zero-order chi connectivity index (χ0) is 10.5. The molecule has 0 bridgehead atoms. The van der Waals surface area contributed by atoms with Crippen molar-refractivity contribution in [2.75, 3.05) is 20.4 Å². The molecular weight excluding hydrogens is 211 g/mol. The minimum Gasteiger partial charge on any atom is -0.398 e. The standard InChI is InChI=1S/C6H17O5PSi/c1-10-13(3,11-2)6-4-5-12(7,8)9/h4-6H2,1-3H3,(H2,7,8,9). The minimum atomic E-state index is -3.86. The molecule has 0 aliphatic rings. The molecule has 13 heavy (non-hydrogen) atoms. The van der Waals surface area contributed by atoms with Crippen molar-refractivity contribution in [3.05, 3.63) is 0 Å². The Morgan fingerprint density at radius 2 is 1.77 bits per heavy atom. The predicted octanol–water partition coefficient (Wildman–Crippen LogP) is 0.919. The Hall–Kier alpha value is 0.287. The number of hydrogen-bond acceptors (Lipinski definition) is 3. The Morgan fingerprint density at radius 3 is 2.08 bits per heavy atom. The van der Waals surface area contributed by atoms with Crippen molar-refractivity contribution in [2.24, 2.45) is 0 Å². The fourth-order valence-corrected chi connectivity index (χ4v) is 3.16. The van der Waals surface area contributed by atoms with Crippen LogP contribution in [0.5, 0.6) is 0 Å². The van der Waals surface area contributed by atoms with Gasteiger partial charge in [0.15, 0.2) is 0 Å². The van der Waals surface area contributed by atoms with E-state index in [-0.39, 0.29) is 6.16 Å². The molecule has 0 atom stereocenters. The number of hydrogen-bond donors (Lipinski definition) is 2. The van der Waals surface area contributed by atoms with Gasteiger partial charge in [0.1, 0.15) is 0 Å². The Bertz CT molecular complexity index is 187. The summed E-state index contributed by atoms with van der Waals surface area (Å²) in [6.45, 7) is 1.87. The molecule has 0 rings (SSSR count). The third-order valence-corrected chi connectivity index (χ3v) is 5.83. The molecule has 0 aromatic rings. The fourth-order valence-electron chi connectivity index (χ4n) is 0.894. The topological polar surface area (TPSA) is 76.0 Å². The first-order valence-corrected chi connectivity index (χ1v) is 8.30. The van der Waals surface area contributed by atoms with Crippen molar-refractivity contribution in [1.82, 2.24) is 0 Å². The maximum atomic E-state index is 10.5. The molecule has 0 radical (unpaired) electrons. The lowest BCUT2D eigenvalue weighted by Crippen LogP contribution is -2.35. The van der Waals surface area contributed by atoms with Gasteiger partial charge in [-0.15, -0.1) is 0 Å². The van der Waals surface area contributed by atoms with Crippen molar-refractivity contribution in [3.63, 3.8) is 0 Å². The van der Waals surface area contributed by atoms with E-state index in [4.69, 9.17) is 18.6 Å². The lowest BCUT2D eigenvalue weighted by molar-refractivity contribution is 0.249. The lowest BCUT2D eigenvalue weighted by atomic mass is 10.6. The van der Waals surface area contributed by atoms with Gasteiger partial charge in [-0.25, -0.2) is 0 Å². The fraction of sp³-hybridized carbons (Fsp3) is 1.00. The van der Waals surface area contributed by atoms with Crippen LogP contribution in [0, 0.1) is 0 Å². The first kappa shape index (κ1) is 13.3. The quantitative estimate of drug-likeness (QED) is 0.522. The van der Waals surface area contributed by atoms with Crippen LogP contribution in [0.1, 0.15) is 6.42 Å². The monoisotopic (exact) mass is 228 g/mol. The van der Waals surface area contributed by atoms with E-state index in [0.29, 0.717) is 12.5 Å². The average molecular weight is 228 g/mol. The van der Waals surface area contributed by atoms with Crippen molar-refractivity contribution in [1.29, 1.82) is 0 Å². The van der Waals surface area contributed by atoms with Gasteiger partial charge in [0.2, 0.25) is 0 Å². The molecule has 0 unspecified atom stereocenters. The zero-order valence-electron chi connectivity index (χ0n) is 8.19. The molecule has 0 aliphatic heterocycles. The molecule has 0 aromatic carbocycles. The van der Waals surface area contributed by atoms with Crippen molar-refractivity contribution in [2.45, 2.75) is 19.0 Å². The molecule has 0 spiro atoms. The molecule has 0 aromatic heterocycles. The highest BCUT2D eigenvalue weighted by Crippen LogP contribution is 2.36. The van der Waals surface area contributed by atoms with Gasteiger partial charge in [-0.3, -0.25) is 4.57 Å². The van der Waals surface area contributed by atoms with Gasteiger partial charge in [0, 0.05) is 20.4 Å². The Labute approximate surface area is 79.5 Å². The summed E-state index contributed by atoms with van der Waals surface area (Å²) in [4.78, 5) is 17.2. The molecule has 0 saturated heterocycles. The minimum absolute atomic E-state index is 0.0949. The van der Waals surface area contributed by atoms with E-state index in [9.17, 15) is 4.57 Å². The van der Waals surface area contributed by atoms with Crippen molar-refractivity contribution < 1.29 is 23.2 Å². The van der Waals surface area contributed by atoms with Crippen LogP contribution >= 0.6 is 7.60 Å². The SMILES string of the molecule is CO[Si](C)(CCCP(=O)(O)O)OC.